The van der Waals surface area contributed by atoms with E-state index in [9.17, 15) is 27.6 Å². The van der Waals surface area contributed by atoms with Gasteiger partial charge in [0, 0.05) is 17.8 Å². The highest BCUT2D eigenvalue weighted by atomic mass is 19.4. The Morgan fingerprint density at radius 2 is 1.55 bits per heavy atom. The van der Waals surface area contributed by atoms with Crippen LogP contribution in [-0.2, 0) is 22.6 Å². The van der Waals surface area contributed by atoms with Crippen molar-refractivity contribution in [2.24, 2.45) is 0 Å². The topological polar surface area (TPSA) is 95.9 Å². The van der Waals surface area contributed by atoms with Crippen molar-refractivity contribution in [3.8, 4) is 5.75 Å². The van der Waals surface area contributed by atoms with E-state index in [-0.39, 0.29) is 37.6 Å². The molecule has 0 spiro atoms. The minimum atomic E-state index is -4.81. The van der Waals surface area contributed by atoms with Gasteiger partial charge in [-0.05, 0) is 84.3 Å². The minimum Gasteiger partial charge on any atom is -0.481 e. The standard InChI is InChI=1S/C32H31F3N2O5/c33-32(34,35)42-28-16-8-22(9-17-28)20-29(38)37(21-23-6-10-25(11-7-23)24-4-2-1-3-5-24)27-14-12-26(13-15-27)31(41)36-19-18-30(39)40/h4,6-17H,1-3,5,18-21H2,(H,36,41)(H,39,40). The number of nitrogens with one attached hydrogen (secondary N) is 1. The summed E-state index contributed by atoms with van der Waals surface area (Å²) in [5.41, 5.74) is 4.69. The number of nitrogens with zero attached hydrogens (tertiary/aromatic N) is 1. The predicted octanol–water partition coefficient (Wildman–Crippen LogP) is 6.52. The molecule has 7 nitrogen and oxygen atoms in total. The zero-order chi connectivity index (χ0) is 30.1. The normalized spacial score (nSPS) is 13.2. The van der Waals surface area contributed by atoms with Crippen molar-refractivity contribution >= 4 is 29.0 Å². The van der Waals surface area contributed by atoms with Crippen molar-refractivity contribution in [2.45, 2.75) is 51.4 Å². The first-order chi connectivity index (χ1) is 20.1. The largest absolute Gasteiger partial charge is 0.573 e. The summed E-state index contributed by atoms with van der Waals surface area (Å²) in [6.07, 6.45) is 1.63. The van der Waals surface area contributed by atoms with E-state index in [1.54, 1.807) is 29.2 Å². The lowest BCUT2D eigenvalue weighted by Crippen LogP contribution is -2.32. The van der Waals surface area contributed by atoms with Gasteiger partial charge in [-0.3, -0.25) is 14.4 Å². The lowest BCUT2D eigenvalue weighted by atomic mass is 9.93. The molecular weight excluding hydrogens is 549 g/mol. The third-order valence-electron chi connectivity index (χ3n) is 6.84. The fourth-order valence-electron chi connectivity index (χ4n) is 4.69. The van der Waals surface area contributed by atoms with Gasteiger partial charge in [-0.2, -0.15) is 0 Å². The Kier molecular flexibility index (Phi) is 10.0. The molecule has 0 atom stereocenters. The molecular formula is C32H31F3N2O5. The average Bonchev–Trinajstić information content (AvgIpc) is 2.97. The summed E-state index contributed by atoms with van der Waals surface area (Å²) in [7, 11) is 0. The fourth-order valence-corrected chi connectivity index (χ4v) is 4.69. The van der Waals surface area contributed by atoms with Gasteiger partial charge >= 0.3 is 12.3 Å². The molecule has 0 fully saturated rings. The molecule has 2 amide bonds. The van der Waals surface area contributed by atoms with Crippen LogP contribution in [0.4, 0.5) is 18.9 Å². The predicted molar refractivity (Wildman–Crippen MR) is 152 cm³/mol. The monoisotopic (exact) mass is 580 g/mol. The number of carboxylic acids is 1. The Bertz CT molecular complexity index is 1420. The SMILES string of the molecule is O=C(O)CCNC(=O)c1ccc(N(Cc2ccc(C3=CCCCC3)cc2)C(=O)Cc2ccc(OC(F)(F)F)cc2)cc1. The van der Waals surface area contributed by atoms with Crippen LogP contribution in [-0.4, -0.2) is 35.8 Å². The number of amides is 2. The third kappa shape index (κ3) is 8.95. The van der Waals surface area contributed by atoms with Crippen molar-refractivity contribution in [1.29, 1.82) is 0 Å². The van der Waals surface area contributed by atoms with Gasteiger partial charge in [-0.25, -0.2) is 0 Å². The molecule has 4 rings (SSSR count). The smallest absolute Gasteiger partial charge is 0.481 e. The van der Waals surface area contributed by atoms with Crippen LogP contribution < -0.4 is 15.0 Å². The van der Waals surface area contributed by atoms with E-state index in [2.05, 4.69) is 16.1 Å². The van der Waals surface area contributed by atoms with Crippen LogP contribution in [0.25, 0.3) is 5.57 Å². The van der Waals surface area contributed by atoms with Crippen LogP contribution in [0.15, 0.2) is 78.9 Å². The molecule has 3 aromatic rings. The number of halogens is 3. The van der Waals surface area contributed by atoms with Crippen molar-refractivity contribution in [3.63, 3.8) is 0 Å². The number of hydrogen-bond acceptors (Lipinski definition) is 4. The zero-order valence-corrected chi connectivity index (χ0v) is 22.8. The molecule has 0 unspecified atom stereocenters. The van der Waals surface area contributed by atoms with E-state index in [0.717, 1.165) is 42.5 Å². The molecule has 42 heavy (non-hydrogen) atoms. The molecule has 0 saturated carbocycles. The van der Waals surface area contributed by atoms with E-state index in [4.69, 9.17) is 5.11 Å². The summed E-state index contributed by atoms with van der Waals surface area (Å²) in [6.45, 7) is 0.220. The van der Waals surface area contributed by atoms with Crippen LogP contribution >= 0.6 is 0 Å². The number of aliphatic carboxylic acids is 1. The van der Waals surface area contributed by atoms with Gasteiger partial charge in [-0.1, -0.05) is 42.5 Å². The summed E-state index contributed by atoms with van der Waals surface area (Å²) in [4.78, 5) is 38.2. The molecule has 0 bridgehead atoms. The van der Waals surface area contributed by atoms with Crippen LogP contribution in [0.1, 0.15) is 59.2 Å². The number of ether oxygens (including phenoxy) is 1. The van der Waals surface area contributed by atoms with E-state index in [1.165, 1.54) is 24.1 Å². The maximum Gasteiger partial charge on any atom is 0.573 e. The number of hydrogen-bond donors (Lipinski definition) is 2. The highest BCUT2D eigenvalue weighted by Crippen LogP contribution is 2.28. The first-order valence-corrected chi connectivity index (χ1v) is 13.6. The number of anilines is 1. The number of alkyl halides is 3. The molecule has 3 aromatic carbocycles. The summed E-state index contributed by atoms with van der Waals surface area (Å²) in [5.74, 6) is -2.13. The number of allylic oxidation sites excluding steroid dienone is 2. The molecule has 0 radical (unpaired) electrons. The molecule has 0 saturated heterocycles. The first-order valence-electron chi connectivity index (χ1n) is 13.6. The Hall–Kier alpha value is -4.60. The highest BCUT2D eigenvalue weighted by molar-refractivity contribution is 5.97. The molecule has 0 aromatic heterocycles. The minimum absolute atomic E-state index is 0.0137. The average molecular weight is 581 g/mol. The van der Waals surface area contributed by atoms with E-state index < -0.39 is 18.2 Å². The van der Waals surface area contributed by atoms with Gasteiger partial charge in [0.2, 0.25) is 5.91 Å². The van der Waals surface area contributed by atoms with E-state index >= 15 is 0 Å². The van der Waals surface area contributed by atoms with E-state index in [0.29, 0.717) is 16.8 Å². The third-order valence-corrected chi connectivity index (χ3v) is 6.84. The van der Waals surface area contributed by atoms with Crippen LogP contribution in [0, 0.1) is 0 Å². The number of carbonyl (C=O) groups excluding carboxylic acids is 2. The molecule has 220 valence electrons. The summed E-state index contributed by atoms with van der Waals surface area (Å²) in [6, 6.07) is 19.5. The van der Waals surface area contributed by atoms with Crippen LogP contribution in [0.2, 0.25) is 0 Å². The van der Waals surface area contributed by atoms with Crippen LogP contribution in [0.3, 0.4) is 0 Å². The van der Waals surface area contributed by atoms with Crippen molar-refractivity contribution in [1.82, 2.24) is 5.32 Å². The highest BCUT2D eigenvalue weighted by Gasteiger charge is 2.31. The summed E-state index contributed by atoms with van der Waals surface area (Å²) < 4.78 is 41.5. The summed E-state index contributed by atoms with van der Waals surface area (Å²) in [5, 5.41) is 11.3. The number of benzene rings is 3. The Balaban J connectivity index is 1.52. The van der Waals surface area contributed by atoms with Gasteiger partial charge in [0.25, 0.3) is 5.91 Å². The number of rotatable bonds is 11. The number of carbonyl (C=O) groups is 3. The lowest BCUT2D eigenvalue weighted by molar-refractivity contribution is -0.274. The molecule has 10 heteroatoms. The van der Waals surface area contributed by atoms with Gasteiger partial charge in [0.15, 0.2) is 0 Å². The maximum absolute atomic E-state index is 13.5. The molecule has 1 aliphatic rings. The second-order valence-corrected chi connectivity index (χ2v) is 9.97. The Morgan fingerprint density at radius 1 is 0.881 bits per heavy atom. The number of carboxylic acid groups (broad SMARTS) is 1. The first kappa shape index (κ1) is 30.4. The van der Waals surface area contributed by atoms with Gasteiger partial charge in [0.1, 0.15) is 5.75 Å². The Morgan fingerprint density at radius 3 is 2.14 bits per heavy atom. The lowest BCUT2D eigenvalue weighted by Gasteiger charge is -2.24. The van der Waals surface area contributed by atoms with Crippen molar-refractivity contribution < 1.29 is 37.4 Å². The summed E-state index contributed by atoms with van der Waals surface area (Å²) >= 11 is 0. The molecule has 0 aliphatic heterocycles. The quantitative estimate of drug-likeness (QED) is 0.269. The molecule has 0 heterocycles. The second-order valence-electron chi connectivity index (χ2n) is 9.97. The maximum atomic E-state index is 13.5. The van der Waals surface area contributed by atoms with Crippen LogP contribution in [0.5, 0.6) is 5.75 Å². The fraction of sp³-hybridized carbons (Fsp3) is 0.281. The van der Waals surface area contributed by atoms with Gasteiger partial charge in [-0.15, -0.1) is 13.2 Å². The van der Waals surface area contributed by atoms with Crippen molar-refractivity contribution in [3.05, 3.63) is 101 Å². The molecule has 2 N–H and O–H groups in total. The second kappa shape index (κ2) is 13.8. The van der Waals surface area contributed by atoms with Gasteiger partial charge in [0.05, 0.1) is 19.4 Å². The van der Waals surface area contributed by atoms with Crippen molar-refractivity contribution in [2.75, 3.05) is 11.4 Å². The Labute approximate surface area is 241 Å². The zero-order valence-electron chi connectivity index (χ0n) is 22.8. The van der Waals surface area contributed by atoms with Gasteiger partial charge < -0.3 is 20.1 Å². The molecule has 1 aliphatic carbocycles. The van der Waals surface area contributed by atoms with E-state index in [1.807, 2.05) is 24.3 Å².